The number of aromatic nitrogens is 3. The number of benzene rings is 1. The van der Waals surface area contributed by atoms with Crippen LogP contribution in [0.5, 0.6) is 0 Å². The van der Waals surface area contributed by atoms with Crippen LogP contribution in [0.4, 0.5) is 0 Å². The third-order valence-electron chi connectivity index (χ3n) is 7.32. The number of rotatable bonds is 2. The second-order valence-corrected chi connectivity index (χ2v) is 9.27. The zero-order valence-electron chi connectivity index (χ0n) is 18.7. The van der Waals surface area contributed by atoms with Gasteiger partial charge >= 0.3 is 0 Å². The van der Waals surface area contributed by atoms with E-state index in [1.54, 1.807) is 10.6 Å². The first kappa shape index (κ1) is 19.5. The van der Waals surface area contributed by atoms with Gasteiger partial charge in [-0.25, -0.2) is 0 Å². The van der Waals surface area contributed by atoms with E-state index in [1.807, 2.05) is 37.5 Å². The lowest BCUT2D eigenvalue weighted by molar-refractivity contribution is 0.133. The summed E-state index contributed by atoms with van der Waals surface area (Å²) in [5.41, 5.74) is 7.85. The van der Waals surface area contributed by atoms with Crippen molar-refractivity contribution in [3.63, 3.8) is 0 Å². The molecule has 5 heteroatoms. The van der Waals surface area contributed by atoms with Gasteiger partial charge in [-0.05, 0) is 68.1 Å². The van der Waals surface area contributed by atoms with Gasteiger partial charge in [0.15, 0.2) is 0 Å². The summed E-state index contributed by atoms with van der Waals surface area (Å²) in [6.45, 7) is 4.39. The van der Waals surface area contributed by atoms with E-state index >= 15 is 0 Å². The van der Waals surface area contributed by atoms with Gasteiger partial charge in [-0.2, -0.15) is 0 Å². The molecule has 3 aromatic heterocycles. The molecule has 0 radical (unpaired) electrons. The highest BCUT2D eigenvalue weighted by Crippen LogP contribution is 2.41. The lowest BCUT2D eigenvalue weighted by Gasteiger charge is -2.40. The molecule has 0 amide bonds. The van der Waals surface area contributed by atoms with Gasteiger partial charge in [0.2, 0.25) is 0 Å². The lowest BCUT2D eigenvalue weighted by atomic mass is 9.91. The predicted octanol–water partition coefficient (Wildman–Crippen LogP) is 4.78. The van der Waals surface area contributed by atoms with Gasteiger partial charge in [-0.3, -0.25) is 19.2 Å². The molecule has 0 aliphatic carbocycles. The second kappa shape index (κ2) is 7.45. The maximum Gasteiger partial charge on any atom is 0.255 e. The van der Waals surface area contributed by atoms with E-state index in [4.69, 9.17) is 0 Å². The molecule has 5 heterocycles. The summed E-state index contributed by atoms with van der Waals surface area (Å²) >= 11 is 0. The number of hydrogen-bond acceptors (Lipinski definition) is 3. The fraction of sp³-hybridized carbons (Fsp3) is 0.333. The molecule has 2 aliphatic rings. The van der Waals surface area contributed by atoms with Crippen LogP contribution in [-0.4, -0.2) is 32.1 Å². The first-order valence-corrected chi connectivity index (χ1v) is 11.6. The molecule has 2 aliphatic heterocycles. The van der Waals surface area contributed by atoms with Crippen molar-refractivity contribution in [3.8, 4) is 16.9 Å². The molecule has 6 rings (SSSR count). The molecule has 4 aromatic rings. The van der Waals surface area contributed by atoms with Gasteiger partial charge in [0.1, 0.15) is 0 Å². The Hall–Kier alpha value is -3.18. The summed E-state index contributed by atoms with van der Waals surface area (Å²) in [5, 5.41) is 1.34. The monoisotopic (exact) mass is 424 g/mol. The number of piperidine rings is 1. The van der Waals surface area contributed by atoms with Gasteiger partial charge in [-0.1, -0.05) is 18.6 Å². The highest BCUT2D eigenvalue weighted by molar-refractivity contribution is 5.87. The third kappa shape index (κ3) is 3.03. The van der Waals surface area contributed by atoms with E-state index in [2.05, 4.69) is 39.7 Å². The normalized spacial score (nSPS) is 18.5. The van der Waals surface area contributed by atoms with Crippen LogP contribution >= 0.6 is 0 Å². The lowest BCUT2D eigenvalue weighted by Crippen LogP contribution is -2.39. The van der Waals surface area contributed by atoms with Crippen LogP contribution in [0.25, 0.3) is 27.8 Å². The Balaban J connectivity index is 1.42. The predicted molar refractivity (Wildman–Crippen MR) is 128 cm³/mol. The molecule has 1 atom stereocenters. The van der Waals surface area contributed by atoms with Crippen LogP contribution in [0, 0.1) is 6.92 Å². The summed E-state index contributed by atoms with van der Waals surface area (Å²) in [6.07, 6.45) is 8.69. The molecule has 162 valence electrons. The molecule has 1 fully saturated rings. The number of nitrogens with zero attached hydrogens (tertiary/aromatic N) is 4. The van der Waals surface area contributed by atoms with E-state index in [0.717, 1.165) is 35.5 Å². The Morgan fingerprint density at radius 1 is 1.03 bits per heavy atom. The summed E-state index contributed by atoms with van der Waals surface area (Å²) in [7, 11) is 2.19. The van der Waals surface area contributed by atoms with Gasteiger partial charge < -0.3 is 4.57 Å². The summed E-state index contributed by atoms with van der Waals surface area (Å²) < 4.78 is 4.11. The fourth-order valence-electron chi connectivity index (χ4n) is 5.67. The van der Waals surface area contributed by atoms with E-state index in [-0.39, 0.29) is 5.56 Å². The van der Waals surface area contributed by atoms with Gasteiger partial charge in [0.25, 0.3) is 5.56 Å². The summed E-state index contributed by atoms with van der Waals surface area (Å²) in [6, 6.07) is 14.6. The van der Waals surface area contributed by atoms with Crippen molar-refractivity contribution in [3.05, 3.63) is 82.0 Å². The maximum atomic E-state index is 13.0. The van der Waals surface area contributed by atoms with Crippen molar-refractivity contribution in [1.82, 2.24) is 19.0 Å². The van der Waals surface area contributed by atoms with E-state index < -0.39 is 0 Å². The zero-order valence-corrected chi connectivity index (χ0v) is 18.7. The van der Waals surface area contributed by atoms with Gasteiger partial charge in [-0.15, -0.1) is 0 Å². The van der Waals surface area contributed by atoms with E-state index in [0.29, 0.717) is 6.04 Å². The van der Waals surface area contributed by atoms with Gasteiger partial charge in [0, 0.05) is 48.7 Å². The molecular weight excluding hydrogens is 396 g/mol. The Labute approximate surface area is 187 Å². The first-order valence-electron chi connectivity index (χ1n) is 11.6. The van der Waals surface area contributed by atoms with E-state index in [9.17, 15) is 4.79 Å². The SMILES string of the molecule is Cc1ccc(-c2ccn(-c3ccc4c5c(n(C)c4c3)C3CCCCN3CC5)c(=O)c2)nc1. The number of pyridine rings is 2. The minimum absolute atomic E-state index is 0.0401. The molecule has 1 saturated heterocycles. The van der Waals surface area contributed by atoms with Crippen LogP contribution in [0.3, 0.4) is 0 Å². The second-order valence-electron chi connectivity index (χ2n) is 9.27. The quantitative estimate of drug-likeness (QED) is 0.465. The Kier molecular flexibility index (Phi) is 4.54. The smallest absolute Gasteiger partial charge is 0.255 e. The molecule has 32 heavy (non-hydrogen) atoms. The largest absolute Gasteiger partial charge is 0.346 e. The standard InChI is InChI=1S/C27H28N4O/c1-18-6-9-23(28-17-18)19-10-14-31(26(32)15-19)20-7-8-21-22-11-13-30-12-4-3-5-24(30)27(22)29(2)25(21)16-20/h6-10,14-17,24H,3-5,11-13H2,1-2H3. The Morgan fingerprint density at radius 3 is 2.75 bits per heavy atom. The molecule has 1 unspecified atom stereocenters. The number of aryl methyl sites for hydroxylation is 2. The van der Waals surface area contributed by atoms with Crippen molar-refractivity contribution in [2.24, 2.45) is 7.05 Å². The van der Waals surface area contributed by atoms with Crippen LogP contribution in [-0.2, 0) is 13.5 Å². The molecule has 1 aromatic carbocycles. The minimum atomic E-state index is -0.0401. The topological polar surface area (TPSA) is 43.1 Å². The van der Waals surface area contributed by atoms with Crippen molar-refractivity contribution in [2.45, 2.75) is 38.6 Å². The maximum absolute atomic E-state index is 13.0. The highest BCUT2D eigenvalue weighted by Gasteiger charge is 2.33. The fourth-order valence-corrected chi connectivity index (χ4v) is 5.67. The van der Waals surface area contributed by atoms with Crippen molar-refractivity contribution < 1.29 is 0 Å². The first-order chi connectivity index (χ1) is 15.6. The average molecular weight is 425 g/mol. The average Bonchev–Trinajstić information content (AvgIpc) is 3.11. The van der Waals surface area contributed by atoms with Gasteiger partial charge in [0.05, 0.1) is 22.9 Å². The molecule has 0 N–H and O–H groups in total. The molecular formula is C27H28N4O. The molecule has 5 nitrogen and oxygen atoms in total. The number of hydrogen-bond donors (Lipinski definition) is 0. The zero-order chi connectivity index (χ0) is 21.8. The Morgan fingerprint density at radius 2 is 1.94 bits per heavy atom. The van der Waals surface area contributed by atoms with Crippen molar-refractivity contribution in [2.75, 3.05) is 13.1 Å². The summed E-state index contributed by atoms with van der Waals surface area (Å²) in [5.74, 6) is 0. The molecule has 0 spiro atoms. The van der Waals surface area contributed by atoms with Crippen LogP contribution in [0.1, 0.15) is 42.1 Å². The third-order valence-corrected chi connectivity index (χ3v) is 7.32. The summed E-state index contributed by atoms with van der Waals surface area (Å²) in [4.78, 5) is 20.1. The number of fused-ring (bicyclic) bond motifs is 5. The highest BCUT2D eigenvalue weighted by atomic mass is 16.1. The Bertz CT molecular complexity index is 1380. The van der Waals surface area contributed by atoms with Crippen LogP contribution < -0.4 is 5.56 Å². The van der Waals surface area contributed by atoms with Crippen LogP contribution in [0.15, 0.2) is 59.7 Å². The minimum Gasteiger partial charge on any atom is -0.346 e. The molecule has 0 saturated carbocycles. The van der Waals surface area contributed by atoms with Crippen LogP contribution in [0.2, 0.25) is 0 Å². The van der Waals surface area contributed by atoms with Crippen molar-refractivity contribution >= 4 is 10.9 Å². The van der Waals surface area contributed by atoms with E-state index in [1.165, 1.54) is 48.0 Å². The van der Waals surface area contributed by atoms with Crippen molar-refractivity contribution in [1.29, 1.82) is 0 Å². The molecule has 0 bridgehead atoms.